The zero-order chi connectivity index (χ0) is 21.2. The number of carbonyl (C=O) groups is 2. The fraction of sp³-hybridized carbons (Fsp3) is 0.333. The van der Waals surface area contributed by atoms with Gasteiger partial charge >= 0.3 is 11.9 Å². The zero-order valence-electron chi connectivity index (χ0n) is 16.8. The lowest BCUT2D eigenvalue weighted by molar-refractivity contribution is -0.151. The Morgan fingerprint density at radius 3 is 2.48 bits per heavy atom. The average molecular weight is 397 g/mol. The fourth-order valence-corrected chi connectivity index (χ4v) is 2.98. The molecule has 0 spiro atoms. The Bertz CT molecular complexity index is 1060. The van der Waals surface area contributed by atoms with E-state index in [1.165, 1.54) is 0 Å². The van der Waals surface area contributed by atoms with Gasteiger partial charge in [-0.1, -0.05) is 30.3 Å². The maximum absolute atomic E-state index is 12.6. The molecule has 0 saturated carbocycles. The van der Waals surface area contributed by atoms with Crippen molar-refractivity contribution in [1.82, 2.24) is 9.97 Å². The van der Waals surface area contributed by atoms with E-state index in [1.54, 1.807) is 27.7 Å². The number of nitrogens with zero attached hydrogens (tertiary/aromatic N) is 2. The van der Waals surface area contributed by atoms with E-state index in [-0.39, 0.29) is 36.1 Å². The molecule has 0 bridgehead atoms. The molecule has 0 aliphatic carbocycles. The van der Waals surface area contributed by atoms with Crippen LogP contribution in [0.25, 0.3) is 11.1 Å². The topological polar surface area (TPSA) is 118 Å². The fourth-order valence-electron chi connectivity index (χ4n) is 2.98. The molecule has 0 unspecified atom stereocenters. The first-order chi connectivity index (χ1) is 13.8. The first-order valence-corrected chi connectivity index (χ1v) is 9.21. The number of hydrogen-bond donors (Lipinski definition) is 1. The van der Waals surface area contributed by atoms with Crippen LogP contribution in [0.1, 0.15) is 48.3 Å². The van der Waals surface area contributed by atoms with E-state index < -0.39 is 17.4 Å². The monoisotopic (exact) mass is 397 g/mol. The molecule has 3 rings (SSSR count). The van der Waals surface area contributed by atoms with Crippen LogP contribution in [0, 0.1) is 6.92 Å². The lowest BCUT2D eigenvalue weighted by Crippen LogP contribution is -2.31. The molecule has 8 heteroatoms. The Balaban J connectivity index is 1.83. The minimum atomic E-state index is -0.838. The van der Waals surface area contributed by atoms with Crippen LogP contribution in [0.15, 0.2) is 34.7 Å². The van der Waals surface area contributed by atoms with Gasteiger partial charge in [0, 0.05) is 0 Å². The zero-order valence-corrected chi connectivity index (χ0v) is 16.8. The summed E-state index contributed by atoms with van der Waals surface area (Å²) in [5.74, 6) is -0.407. The summed E-state index contributed by atoms with van der Waals surface area (Å²) >= 11 is 0. The van der Waals surface area contributed by atoms with Gasteiger partial charge < -0.3 is 19.6 Å². The third kappa shape index (κ3) is 3.91. The van der Waals surface area contributed by atoms with E-state index in [9.17, 15) is 9.59 Å². The number of aryl methyl sites for hydroxylation is 1. The van der Waals surface area contributed by atoms with Crippen molar-refractivity contribution in [3.8, 4) is 0 Å². The Kier molecular flexibility index (Phi) is 5.54. The third-order valence-electron chi connectivity index (χ3n) is 4.62. The van der Waals surface area contributed by atoms with Crippen LogP contribution in [0.3, 0.4) is 0 Å². The highest BCUT2D eigenvalue weighted by atomic mass is 16.5. The molecule has 3 aromatic rings. The number of fused-ring (bicyclic) bond motifs is 1. The molecule has 29 heavy (non-hydrogen) atoms. The number of benzene rings is 1. The normalized spacial score (nSPS) is 11.4. The molecule has 2 N–H and O–H groups in total. The van der Waals surface area contributed by atoms with E-state index in [0.29, 0.717) is 11.1 Å². The van der Waals surface area contributed by atoms with E-state index in [4.69, 9.17) is 19.6 Å². The van der Waals surface area contributed by atoms with Gasteiger partial charge in [-0.3, -0.25) is 4.79 Å². The Hall–Kier alpha value is -3.42. The number of carbonyl (C=O) groups excluding carboxylic acids is 2. The molecule has 2 aromatic heterocycles. The van der Waals surface area contributed by atoms with Crippen molar-refractivity contribution < 1.29 is 23.5 Å². The highest BCUT2D eigenvalue weighted by molar-refractivity contribution is 6.07. The minimum absolute atomic E-state index is 0.0586. The maximum atomic E-state index is 12.6. The van der Waals surface area contributed by atoms with Crippen molar-refractivity contribution in [3.63, 3.8) is 0 Å². The van der Waals surface area contributed by atoms with Gasteiger partial charge in [0.05, 0.1) is 17.4 Å². The SMILES string of the molecule is CCOC(=O)c1c(C)oc2nc(COC(=O)C(C)(C)c3ccccc3)nc(N)c12. The summed E-state index contributed by atoms with van der Waals surface area (Å²) in [4.78, 5) is 33.2. The number of rotatable bonds is 6. The van der Waals surface area contributed by atoms with Crippen LogP contribution in [-0.4, -0.2) is 28.5 Å². The lowest BCUT2D eigenvalue weighted by atomic mass is 9.85. The quantitative estimate of drug-likeness (QED) is 0.630. The molecule has 8 nitrogen and oxygen atoms in total. The van der Waals surface area contributed by atoms with Crippen LogP contribution in [0.5, 0.6) is 0 Å². The van der Waals surface area contributed by atoms with Gasteiger partial charge in [-0.15, -0.1) is 0 Å². The average Bonchev–Trinajstić information content (AvgIpc) is 3.03. The van der Waals surface area contributed by atoms with Crippen LogP contribution in [-0.2, 0) is 26.3 Å². The van der Waals surface area contributed by atoms with Gasteiger partial charge in [0.25, 0.3) is 0 Å². The van der Waals surface area contributed by atoms with Crippen molar-refractivity contribution in [2.24, 2.45) is 0 Å². The summed E-state index contributed by atoms with van der Waals surface area (Å²) in [5, 5.41) is 0.292. The van der Waals surface area contributed by atoms with Crippen LogP contribution < -0.4 is 5.73 Å². The molecule has 0 fully saturated rings. The second kappa shape index (κ2) is 7.90. The molecule has 0 aliphatic heterocycles. The molecule has 0 aliphatic rings. The molecule has 0 atom stereocenters. The Morgan fingerprint density at radius 2 is 1.83 bits per heavy atom. The molecular formula is C21H23N3O5. The summed E-state index contributed by atoms with van der Waals surface area (Å²) < 4.78 is 16.0. The van der Waals surface area contributed by atoms with E-state index >= 15 is 0 Å². The van der Waals surface area contributed by atoms with Gasteiger partial charge in [0.2, 0.25) is 5.71 Å². The molecule has 0 radical (unpaired) electrons. The summed E-state index contributed by atoms with van der Waals surface area (Å²) in [5.41, 5.74) is 6.37. The molecule has 2 heterocycles. The first kappa shape index (κ1) is 20.3. The number of anilines is 1. The highest BCUT2D eigenvalue weighted by Crippen LogP contribution is 2.29. The van der Waals surface area contributed by atoms with Gasteiger partial charge in [-0.05, 0) is 33.3 Å². The Labute approximate surface area is 168 Å². The predicted octanol–water partition coefficient (Wildman–Crippen LogP) is 3.31. The number of furan rings is 1. The van der Waals surface area contributed by atoms with Crippen molar-refractivity contribution >= 4 is 28.9 Å². The smallest absolute Gasteiger partial charge is 0.342 e. The van der Waals surface area contributed by atoms with Crippen molar-refractivity contribution in [2.75, 3.05) is 12.3 Å². The Morgan fingerprint density at radius 1 is 1.14 bits per heavy atom. The van der Waals surface area contributed by atoms with Gasteiger partial charge in [0.15, 0.2) is 12.4 Å². The van der Waals surface area contributed by atoms with E-state index in [1.807, 2.05) is 30.3 Å². The standard InChI is InChI=1S/C21H23N3O5/c1-5-27-19(25)15-12(2)29-18-16(15)17(22)23-14(24-18)11-28-20(26)21(3,4)13-9-7-6-8-10-13/h6-10H,5,11H2,1-4H3,(H2,22,23,24). The number of hydrogen-bond acceptors (Lipinski definition) is 8. The summed E-state index contributed by atoms with van der Waals surface area (Å²) in [6.07, 6.45) is 0. The molecule has 1 aromatic carbocycles. The van der Waals surface area contributed by atoms with E-state index in [0.717, 1.165) is 5.56 Å². The van der Waals surface area contributed by atoms with Crippen molar-refractivity contribution in [2.45, 2.75) is 39.7 Å². The van der Waals surface area contributed by atoms with E-state index in [2.05, 4.69) is 9.97 Å². The van der Waals surface area contributed by atoms with Gasteiger partial charge in [-0.2, -0.15) is 4.98 Å². The predicted molar refractivity (Wildman–Crippen MR) is 106 cm³/mol. The minimum Gasteiger partial charge on any atom is -0.462 e. The van der Waals surface area contributed by atoms with Crippen molar-refractivity contribution in [1.29, 1.82) is 0 Å². The second-order valence-corrected chi connectivity index (χ2v) is 7.03. The van der Waals surface area contributed by atoms with Gasteiger partial charge in [-0.25, -0.2) is 9.78 Å². The number of nitrogens with two attached hydrogens (primary N) is 1. The summed E-state index contributed by atoms with van der Waals surface area (Å²) in [6, 6.07) is 9.34. The molecule has 0 amide bonds. The summed E-state index contributed by atoms with van der Waals surface area (Å²) in [7, 11) is 0. The second-order valence-electron chi connectivity index (χ2n) is 7.03. The maximum Gasteiger partial charge on any atom is 0.342 e. The number of aromatic nitrogens is 2. The lowest BCUT2D eigenvalue weighted by Gasteiger charge is -2.22. The first-order valence-electron chi connectivity index (χ1n) is 9.21. The third-order valence-corrected chi connectivity index (χ3v) is 4.62. The van der Waals surface area contributed by atoms with Crippen LogP contribution in [0.4, 0.5) is 5.82 Å². The summed E-state index contributed by atoms with van der Waals surface area (Å²) in [6.45, 7) is 6.93. The van der Waals surface area contributed by atoms with Crippen LogP contribution in [0.2, 0.25) is 0 Å². The number of esters is 2. The van der Waals surface area contributed by atoms with Crippen LogP contribution >= 0.6 is 0 Å². The molecular weight excluding hydrogens is 374 g/mol. The highest BCUT2D eigenvalue weighted by Gasteiger charge is 2.32. The number of nitrogen functional groups attached to an aromatic ring is 1. The number of ether oxygens (including phenoxy) is 2. The molecule has 152 valence electrons. The van der Waals surface area contributed by atoms with Gasteiger partial charge in [0.1, 0.15) is 17.1 Å². The molecule has 0 saturated heterocycles. The largest absolute Gasteiger partial charge is 0.462 e. The van der Waals surface area contributed by atoms with Crippen molar-refractivity contribution in [3.05, 3.63) is 53.0 Å².